The Labute approximate surface area is 91.0 Å². The average molecular weight is 222 g/mol. The van der Waals surface area contributed by atoms with Crippen molar-refractivity contribution in [2.24, 2.45) is 0 Å². The molecule has 2 unspecified atom stereocenters. The first kappa shape index (κ1) is 14.8. The zero-order valence-electron chi connectivity index (χ0n) is 9.52. The zero-order chi connectivity index (χ0) is 11.5. The van der Waals surface area contributed by atoms with Crippen molar-refractivity contribution in [1.29, 1.82) is 0 Å². The zero-order valence-corrected chi connectivity index (χ0v) is 9.52. The summed E-state index contributed by atoms with van der Waals surface area (Å²) in [7, 11) is 0. The van der Waals surface area contributed by atoms with E-state index in [0.717, 1.165) is 0 Å². The Kier molecular flexibility index (Phi) is 10.2. The van der Waals surface area contributed by atoms with E-state index in [1.54, 1.807) is 13.8 Å². The molecule has 0 aromatic carbocycles. The second-order valence-corrected chi connectivity index (χ2v) is 3.17. The van der Waals surface area contributed by atoms with Crippen LogP contribution in [0, 0.1) is 0 Å². The first-order valence-electron chi connectivity index (χ1n) is 5.31. The summed E-state index contributed by atoms with van der Waals surface area (Å²) in [6, 6.07) is 0. The lowest BCUT2D eigenvalue weighted by Gasteiger charge is -2.19. The topological polar surface area (TPSA) is 68.2 Å². The molecule has 5 nitrogen and oxygen atoms in total. The molecule has 0 saturated heterocycles. The monoisotopic (exact) mass is 222 g/mol. The molecular formula is C10H22O5. The third kappa shape index (κ3) is 10.1. The summed E-state index contributed by atoms with van der Waals surface area (Å²) in [5.41, 5.74) is 0. The van der Waals surface area contributed by atoms with Crippen molar-refractivity contribution < 1.29 is 24.4 Å². The Morgan fingerprint density at radius 3 is 1.60 bits per heavy atom. The van der Waals surface area contributed by atoms with Crippen LogP contribution in [0.15, 0.2) is 0 Å². The molecule has 0 spiro atoms. The van der Waals surface area contributed by atoms with Gasteiger partial charge < -0.3 is 24.4 Å². The van der Waals surface area contributed by atoms with Gasteiger partial charge in [-0.2, -0.15) is 0 Å². The van der Waals surface area contributed by atoms with Crippen LogP contribution in [-0.4, -0.2) is 49.2 Å². The van der Waals surface area contributed by atoms with Gasteiger partial charge >= 0.3 is 0 Å². The molecule has 2 N–H and O–H groups in total. The summed E-state index contributed by atoms with van der Waals surface area (Å²) in [5, 5.41) is 17.1. The van der Waals surface area contributed by atoms with E-state index in [1.165, 1.54) is 0 Å². The predicted octanol–water partition coefficient (Wildman–Crippen LogP) is 0.493. The third-order valence-electron chi connectivity index (χ3n) is 1.69. The van der Waals surface area contributed by atoms with Crippen molar-refractivity contribution in [3.05, 3.63) is 0 Å². The molecule has 5 heteroatoms. The van der Waals surface area contributed by atoms with E-state index < -0.39 is 0 Å². The van der Waals surface area contributed by atoms with Gasteiger partial charge in [0, 0.05) is 13.2 Å². The summed E-state index contributed by atoms with van der Waals surface area (Å²) < 4.78 is 15.8. The Balaban J connectivity index is 3.35. The summed E-state index contributed by atoms with van der Waals surface area (Å²) >= 11 is 0. The van der Waals surface area contributed by atoms with Crippen LogP contribution in [-0.2, 0) is 14.2 Å². The maximum Gasteiger partial charge on any atom is 0.157 e. The van der Waals surface area contributed by atoms with Gasteiger partial charge in [-0.1, -0.05) is 0 Å². The number of aliphatic hydroxyl groups excluding tert-OH is 2. The van der Waals surface area contributed by atoms with E-state index in [2.05, 4.69) is 0 Å². The van der Waals surface area contributed by atoms with Crippen molar-refractivity contribution in [2.75, 3.05) is 26.4 Å². The van der Waals surface area contributed by atoms with Crippen LogP contribution in [0.1, 0.15) is 26.7 Å². The summed E-state index contributed by atoms with van der Waals surface area (Å²) in [6.45, 7) is 4.75. The molecule has 0 bridgehead atoms. The smallest absolute Gasteiger partial charge is 0.157 e. The SMILES string of the molecule is CC(OCCCO)OC(C)OCCCO. The summed E-state index contributed by atoms with van der Waals surface area (Å²) in [5.74, 6) is 0. The second kappa shape index (κ2) is 10.3. The van der Waals surface area contributed by atoms with Crippen LogP contribution >= 0.6 is 0 Å². The van der Waals surface area contributed by atoms with E-state index in [4.69, 9.17) is 24.4 Å². The standard InChI is InChI=1S/C10H22O5/c1-9(13-7-3-5-11)15-10(2)14-8-4-6-12/h9-12H,3-8H2,1-2H3. The van der Waals surface area contributed by atoms with Gasteiger partial charge in [-0.25, -0.2) is 0 Å². The fourth-order valence-corrected chi connectivity index (χ4v) is 0.976. The van der Waals surface area contributed by atoms with Crippen LogP contribution in [0.3, 0.4) is 0 Å². The normalized spacial score (nSPS) is 15.2. The number of ether oxygens (including phenoxy) is 3. The summed E-state index contributed by atoms with van der Waals surface area (Å²) in [4.78, 5) is 0. The largest absolute Gasteiger partial charge is 0.396 e. The van der Waals surface area contributed by atoms with Gasteiger partial charge in [0.15, 0.2) is 12.6 Å². The molecule has 0 aromatic heterocycles. The first-order valence-corrected chi connectivity index (χ1v) is 5.31. The van der Waals surface area contributed by atoms with E-state index in [0.29, 0.717) is 26.1 Å². The number of hydrogen-bond acceptors (Lipinski definition) is 5. The Morgan fingerprint density at radius 2 is 1.27 bits per heavy atom. The van der Waals surface area contributed by atoms with Crippen molar-refractivity contribution in [3.63, 3.8) is 0 Å². The Hall–Kier alpha value is -0.200. The molecule has 0 fully saturated rings. The maximum absolute atomic E-state index is 8.54. The van der Waals surface area contributed by atoms with Gasteiger partial charge in [0.2, 0.25) is 0 Å². The molecule has 15 heavy (non-hydrogen) atoms. The second-order valence-electron chi connectivity index (χ2n) is 3.17. The lowest BCUT2D eigenvalue weighted by molar-refractivity contribution is -0.232. The van der Waals surface area contributed by atoms with Gasteiger partial charge in [0.25, 0.3) is 0 Å². The van der Waals surface area contributed by atoms with Crippen molar-refractivity contribution in [2.45, 2.75) is 39.3 Å². The molecular weight excluding hydrogens is 200 g/mol. The minimum Gasteiger partial charge on any atom is -0.396 e. The highest BCUT2D eigenvalue weighted by molar-refractivity contribution is 4.39. The molecule has 0 aromatic rings. The lowest BCUT2D eigenvalue weighted by atomic mass is 10.5. The predicted molar refractivity (Wildman–Crippen MR) is 55.3 cm³/mol. The molecule has 0 amide bonds. The fraction of sp³-hybridized carbons (Fsp3) is 1.00. The maximum atomic E-state index is 8.54. The molecule has 92 valence electrons. The van der Waals surface area contributed by atoms with Gasteiger partial charge in [-0.05, 0) is 26.7 Å². The lowest BCUT2D eigenvalue weighted by Crippen LogP contribution is -2.23. The van der Waals surface area contributed by atoms with Crippen molar-refractivity contribution >= 4 is 0 Å². The minimum absolute atomic E-state index is 0.120. The quantitative estimate of drug-likeness (QED) is 0.416. The molecule has 0 saturated carbocycles. The number of hydrogen-bond donors (Lipinski definition) is 2. The fourth-order valence-electron chi connectivity index (χ4n) is 0.976. The molecule has 0 heterocycles. The Morgan fingerprint density at radius 1 is 0.867 bits per heavy atom. The van der Waals surface area contributed by atoms with E-state index in [1.807, 2.05) is 0 Å². The highest BCUT2D eigenvalue weighted by Gasteiger charge is 2.08. The van der Waals surface area contributed by atoms with Crippen LogP contribution in [0.2, 0.25) is 0 Å². The molecule has 0 radical (unpaired) electrons. The van der Waals surface area contributed by atoms with Gasteiger partial charge in [-0.3, -0.25) is 0 Å². The number of rotatable bonds is 10. The van der Waals surface area contributed by atoms with Crippen LogP contribution < -0.4 is 0 Å². The highest BCUT2D eigenvalue weighted by Crippen LogP contribution is 2.02. The van der Waals surface area contributed by atoms with Crippen molar-refractivity contribution in [3.8, 4) is 0 Å². The minimum atomic E-state index is -0.347. The molecule has 0 aliphatic carbocycles. The van der Waals surface area contributed by atoms with Crippen molar-refractivity contribution in [1.82, 2.24) is 0 Å². The highest BCUT2D eigenvalue weighted by atomic mass is 16.8. The average Bonchev–Trinajstić information content (AvgIpc) is 2.18. The van der Waals surface area contributed by atoms with Gasteiger partial charge in [0.05, 0.1) is 13.2 Å². The third-order valence-corrected chi connectivity index (χ3v) is 1.69. The summed E-state index contributed by atoms with van der Waals surface area (Å²) in [6.07, 6.45) is 0.516. The van der Waals surface area contributed by atoms with E-state index in [9.17, 15) is 0 Å². The molecule has 0 aliphatic heterocycles. The van der Waals surface area contributed by atoms with Crippen LogP contribution in [0.5, 0.6) is 0 Å². The molecule has 0 rings (SSSR count). The van der Waals surface area contributed by atoms with Crippen LogP contribution in [0.25, 0.3) is 0 Å². The molecule has 0 aliphatic rings. The van der Waals surface area contributed by atoms with Gasteiger partial charge in [-0.15, -0.1) is 0 Å². The van der Waals surface area contributed by atoms with Gasteiger partial charge in [0.1, 0.15) is 0 Å². The van der Waals surface area contributed by atoms with Crippen LogP contribution in [0.4, 0.5) is 0 Å². The number of aliphatic hydroxyl groups is 2. The molecule has 2 atom stereocenters. The van der Waals surface area contributed by atoms with E-state index in [-0.39, 0.29) is 25.8 Å². The van der Waals surface area contributed by atoms with E-state index >= 15 is 0 Å². The first-order chi connectivity index (χ1) is 7.20. The Bertz CT molecular complexity index is 117.